The minimum atomic E-state index is -0.297. The molecule has 0 aliphatic rings. The fourth-order valence-electron chi connectivity index (χ4n) is 2.64. The summed E-state index contributed by atoms with van der Waals surface area (Å²) in [5.74, 6) is -0.372. The summed E-state index contributed by atoms with van der Waals surface area (Å²) in [5.41, 5.74) is 2.17. The van der Waals surface area contributed by atoms with E-state index in [1.165, 1.54) is 12.7 Å². The van der Waals surface area contributed by atoms with Gasteiger partial charge in [-0.25, -0.2) is 0 Å². The van der Waals surface area contributed by atoms with Crippen molar-refractivity contribution in [3.05, 3.63) is 41.5 Å². The van der Waals surface area contributed by atoms with E-state index in [1.54, 1.807) is 11.0 Å². The highest BCUT2D eigenvalue weighted by Gasteiger charge is 2.13. The van der Waals surface area contributed by atoms with Gasteiger partial charge in [0.2, 0.25) is 5.91 Å². The molecule has 0 atom stereocenters. The molecule has 0 saturated carbocycles. The first-order valence-corrected chi connectivity index (χ1v) is 9.33. The van der Waals surface area contributed by atoms with E-state index < -0.39 is 0 Å². The van der Waals surface area contributed by atoms with Crippen LogP contribution < -0.4 is 0 Å². The maximum Gasteiger partial charge on any atom is 0.307 e. The maximum absolute atomic E-state index is 12.6. The molecule has 0 unspecified atom stereocenters. The average Bonchev–Trinajstić information content (AvgIpc) is 2.66. The van der Waals surface area contributed by atoms with Gasteiger partial charge in [-0.3, -0.25) is 9.59 Å². The number of carbonyl (C=O) groups excluding carboxylic acids is 2. The minimum Gasteiger partial charge on any atom is -0.469 e. The molecular weight excluding hydrogens is 328 g/mol. The van der Waals surface area contributed by atoms with Crippen LogP contribution >= 0.6 is 0 Å². The number of benzene rings is 1. The lowest BCUT2D eigenvalue weighted by molar-refractivity contribution is -0.141. The molecule has 1 amide bonds. The molecule has 0 aromatic heterocycles. The number of carbonyl (C=O) groups is 2. The highest BCUT2D eigenvalue weighted by Crippen LogP contribution is 2.06. The van der Waals surface area contributed by atoms with Crippen molar-refractivity contribution in [2.45, 2.75) is 33.6 Å². The summed E-state index contributed by atoms with van der Waals surface area (Å²) < 4.78 is 4.70. The molecule has 144 valence electrons. The second kappa shape index (κ2) is 12.3. The Bertz CT molecular complexity index is 577. The summed E-state index contributed by atoms with van der Waals surface area (Å²) >= 11 is 0. The van der Waals surface area contributed by atoms with E-state index in [1.807, 2.05) is 37.3 Å². The molecule has 0 bridgehead atoms. The summed E-state index contributed by atoms with van der Waals surface area (Å²) in [7, 11) is 1.37. The monoisotopic (exact) mass is 360 g/mol. The Balaban J connectivity index is 2.66. The molecule has 0 radical (unpaired) electrons. The molecule has 1 rings (SSSR count). The fraction of sp³-hybridized carbons (Fsp3) is 0.524. The van der Waals surface area contributed by atoms with Crippen LogP contribution in [0, 0.1) is 6.92 Å². The van der Waals surface area contributed by atoms with Crippen LogP contribution in [-0.2, 0) is 14.3 Å². The molecule has 26 heavy (non-hydrogen) atoms. The van der Waals surface area contributed by atoms with Gasteiger partial charge in [-0.15, -0.1) is 0 Å². The van der Waals surface area contributed by atoms with Gasteiger partial charge in [0, 0.05) is 19.2 Å². The largest absolute Gasteiger partial charge is 0.469 e. The van der Waals surface area contributed by atoms with Crippen molar-refractivity contribution >= 4 is 18.0 Å². The van der Waals surface area contributed by atoms with Gasteiger partial charge < -0.3 is 14.5 Å². The van der Waals surface area contributed by atoms with Gasteiger partial charge in [-0.1, -0.05) is 43.7 Å². The third-order valence-corrected chi connectivity index (χ3v) is 4.42. The lowest BCUT2D eigenvalue weighted by Gasteiger charge is -2.23. The predicted molar refractivity (Wildman–Crippen MR) is 106 cm³/mol. The van der Waals surface area contributed by atoms with E-state index in [0.717, 1.165) is 31.6 Å². The summed E-state index contributed by atoms with van der Waals surface area (Å²) in [5, 5.41) is 0. The molecule has 0 aliphatic heterocycles. The fourth-order valence-corrected chi connectivity index (χ4v) is 2.64. The van der Waals surface area contributed by atoms with Crippen molar-refractivity contribution in [1.82, 2.24) is 9.80 Å². The van der Waals surface area contributed by atoms with E-state index >= 15 is 0 Å². The lowest BCUT2D eigenvalue weighted by atomic mass is 10.1. The number of esters is 1. The van der Waals surface area contributed by atoms with Crippen LogP contribution in [0.4, 0.5) is 0 Å². The number of ether oxygens (including phenoxy) is 1. The zero-order valence-electron chi connectivity index (χ0n) is 16.5. The van der Waals surface area contributed by atoms with Crippen molar-refractivity contribution in [3.8, 4) is 0 Å². The average molecular weight is 360 g/mol. The Morgan fingerprint density at radius 1 is 1.04 bits per heavy atom. The van der Waals surface area contributed by atoms with E-state index in [0.29, 0.717) is 13.1 Å². The molecule has 0 aliphatic carbocycles. The van der Waals surface area contributed by atoms with Crippen molar-refractivity contribution in [2.24, 2.45) is 0 Å². The molecule has 1 aromatic carbocycles. The minimum absolute atomic E-state index is 0.0750. The molecule has 1 aromatic rings. The zero-order valence-corrected chi connectivity index (χ0v) is 16.5. The smallest absolute Gasteiger partial charge is 0.307 e. The summed E-state index contributed by atoms with van der Waals surface area (Å²) in [4.78, 5) is 28.1. The van der Waals surface area contributed by atoms with Crippen molar-refractivity contribution in [3.63, 3.8) is 0 Å². The Kier molecular flexibility index (Phi) is 10.3. The topological polar surface area (TPSA) is 49.9 Å². The number of nitrogens with zero attached hydrogens (tertiary/aromatic N) is 2. The number of methoxy groups -OCH3 is 1. The van der Waals surface area contributed by atoms with Crippen LogP contribution in [0.5, 0.6) is 0 Å². The first kappa shape index (κ1) is 21.9. The van der Waals surface area contributed by atoms with Crippen LogP contribution in [0.2, 0.25) is 0 Å². The van der Waals surface area contributed by atoms with Crippen LogP contribution in [0.15, 0.2) is 30.3 Å². The van der Waals surface area contributed by atoms with E-state index in [-0.39, 0.29) is 18.3 Å². The molecule has 0 spiro atoms. The summed E-state index contributed by atoms with van der Waals surface area (Å²) in [6.45, 7) is 10.2. The normalized spacial score (nSPS) is 11.1. The van der Waals surface area contributed by atoms with Crippen LogP contribution in [0.25, 0.3) is 6.08 Å². The first-order chi connectivity index (χ1) is 12.5. The summed E-state index contributed by atoms with van der Waals surface area (Å²) in [6, 6.07) is 8.00. The number of aryl methyl sites for hydroxylation is 1. The van der Waals surface area contributed by atoms with Gasteiger partial charge in [-0.05, 0) is 44.6 Å². The molecule has 0 heterocycles. The van der Waals surface area contributed by atoms with Gasteiger partial charge in [0.05, 0.1) is 13.5 Å². The third-order valence-electron chi connectivity index (χ3n) is 4.42. The Morgan fingerprint density at radius 2 is 1.69 bits per heavy atom. The standard InChI is InChI=1S/C21H32N2O3/c1-5-22(6-2)15-7-16-23(17-14-21(25)26-4)20(24)13-12-19-10-8-18(3)9-11-19/h8-13H,5-7,14-17H2,1-4H3/b13-12+. The molecular formula is C21H32N2O3. The third kappa shape index (κ3) is 8.30. The van der Waals surface area contributed by atoms with Crippen LogP contribution in [0.3, 0.4) is 0 Å². The molecule has 0 saturated heterocycles. The number of hydrogen-bond donors (Lipinski definition) is 0. The highest BCUT2D eigenvalue weighted by atomic mass is 16.5. The number of hydrogen-bond acceptors (Lipinski definition) is 4. The highest BCUT2D eigenvalue weighted by molar-refractivity contribution is 5.92. The van der Waals surface area contributed by atoms with E-state index in [2.05, 4.69) is 18.7 Å². The Morgan fingerprint density at radius 3 is 2.27 bits per heavy atom. The molecule has 0 N–H and O–H groups in total. The van der Waals surface area contributed by atoms with Gasteiger partial charge in [0.1, 0.15) is 0 Å². The quantitative estimate of drug-likeness (QED) is 0.449. The molecule has 0 fully saturated rings. The van der Waals surface area contributed by atoms with Gasteiger partial charge >= 0.3 is 5.97 Å². The number of amides is 1. The second-order valence-electron chi connectivity index (χ2n) is 6.28. The lowest BCUT2D eigenvalue weighted by Crippen LogP contribution is -2.35. The van der Waals surface area contributed by atoms with Gasteiger partial charge in [0.15, 0.2) is 0 Å². The van der Waals surface area contributed by atoms with E-state index in [4.69, 9.17) is 4.74 Å². The Hall–Kier alpha value is -2.14. The number of rotatable bonds is 11. The van der Waals surface area contributed by atoms with Crippen LogP contribution in [0.1, 0.15) is 37.8 Å². The van der Waals surface area contributed by atoms with Gasteiger partial charge in [0.25, 0.3) is 0 Å². The SMILES string of the molecule is CCN(CC)CCCN(CCC(=O)OC)C(=O)/C=C/c1ccc(C)cc1. The van der Waals surface area contributed by atoms with Crippen LogP contribution in [-0.4, -0.2) is 61.5 Å². The Labute approximate surface area is 157 Å². The van der Waals surface area contributed by atoms with Crippen molar-refractivity contribution in [2.75, 3.05) is 39.8 Å². The predicted octanol–water partition coefficient (Wildman–Crippen LogP) is 3.13. The first-order valence-electron chi connectivity index (χ1n) is 9.33. The van der Waals surface area contributed by atoms with Gasteiger partial charge in [-0.2, -0.15) is 0 Å². The molecule has 5 heteroatoms. The zero-order chi connectivity index (χ0) is 19.4. The summed E-state index contributed by atoms with van der Waals surface area (Å²) in [6.07, 6.45) is 4.50. The second-order valence-corrected chi connectivity index (χ2v) is 6.28. The van der Waals surface area contributed by atoms with Crippen molar-refractivity contribution < 1.29 is 14.3 Å². The van der Waals surface area contributed by atoms with Crippen molar-refractivity contribution in [1.29, 1.82) is 0 Å². The maximum atomic E-state index is 12.6. The molecule has 5 nitrogen and oxygen atoms in total. The van der Waals surface area contributed by atoms with E-state index in [9.17, 15) is 9.59 Å².